The van der Waals surface area contributed by atoms with Gasteiger partial charge in [-0.1, -0.05) is 36.4 Å². The smallest absolute Gasteiger partial charge is 0.258 e. The molecule has 0 radical (unpaired) electrons. The Morgan fingerprint density at radius 2 is 1.83 bits per heavy atom. The fraction of sp³-hybridized carbons (Fsp3) is 0.0455. The quantitative estimate of drug-likeness (QED) is 0.259. The molecule has 0 atom stereocenters. The lowest BCUT2D eigenvalue weighted by Gasteiger charge is -2.13. The number of carbonyl (C=O) groups is 1. The molecule has 0 aliphatic carbocycles. The summed E-state index contributed by atoms with van der Waals surface area (Å²) in [6, 6.07) is 21.2. The molecular weight excluding hydrogens is 495 g/mol. The zero-order valence-electron chi connectivity index (χ0n) is 15.5. The summed E-state index contributed by atoms with van der Waals surface area (Å²) >= 11 is 7.49. The summed E-state index contributed by atoms with van der Waals surface area (Å²) in [5.74, 6) is 0.543. The number of aromatic amines is 1. The van der Waals surface area contributed by atoms with Gasteiger partial charge < -0.3 is 10.3 Å². The fourth-order valence-corrected chi connectivity index (χ4v) is 3.80. The zero-order chi connectivity index (χ0) is 20.4. The van der Waals surface area contributed by atoms with E-state index in [4.69, 9.17) is 12.2 Å². The van der Waals surface area contributed by atoms with Gasteiger partial charge in [-0.3, -0.25) is 10.1 Å². The highest BCUT2D eigenvalue weighted by molar-refractivity contribution is 14.1. The van der Waals surface area contributed by atoms with Gasteiger partial charge in [0.05, 0.1) is 16.6 Å². The predicted octanol–water partition coefficient (Wildman–Crippen LogP) is 5.27. The van der Waals surface area contributed by atoms with E-state index in [1.807, 2.05) is 67.6 Å². The Morgan fingerprint density at radius 3 is 2.62 bits per heavy atom. The normalized spacial score (nSPS) is 10.7. The van der Waals surface area contributed by atoms with Gasteiger partial charge >= 0.3 is 0 Å². The maximum Gasteiger partial charge on any atom is 0.258 e. The number of halogens is 1. The van der Waals surface area contributed by atoms with Gasteiger partial charge in [-0.15, -0.1) is 0 Å². The second-order valence-electron chi connectivity index (χ2n) is 6.52. The van der Waals surface area contributed by atoms with E-state index >= 15 is 0 Å². The van der Waals surface area contributed by atoms with E-state index in [1.165, 1.54) is 0 Å². The third-order valence-electron chi connectivity index (χ3n) is 4.49. The number of hydrogen-bond donors (Lipinski definition) is 3. The largest absolute Gasteiger partial charge is 0.338 e. The molecule has 0 bridgehead atoms. The molecule has 0 unspecified atom stereocenters. The highest BCUT2D eigenvalue weighted by Gasteiger charge is 2.12. The summed E-state index contributed by atoms with van der Waals surface area (Å²) in [5, 5.41) is 6.13. The van der Waals surface area contributed by atoms with Gasteiger partial charge in [0.2, 0.25) is 0 Å². The van der Waals surface area contributed by atoms with Crippen molar-refractivity contribution in [1.82, 2.24) is 15.3 Å². The van der Waals surface area contributed by atoms with Crippen LogP contribution in [0.5, 0.6) is 0 Å². The molecule has 0 aliphatic rings. The van der Waals surface area contributed by atoms with Crippen LogP contribution in [0, 0.1) is 10.5 Å². The predicted molar refractivity (Wildman–Crippen MR) is 129 cm³/mol. The second-order valence-corrected chi connectivity index (χ2v) is 8.09. The number of benzene rings is 3. The highest BCUT2D eigenvalue weighted by atomic mass is 127. The Morgan fingerprint density at radius 1 is 1.07 bits per heavy atom. The SMILES string of the molecule is Cc1ccc(-c2nc3ccccc3[nH]2)cc1NC(=S)NC(=O)c1ccccc1I. The van der Waals surface area contributed by atoms with Crippen LogP contribution in [-0.2, 0) is 0 Å². The van der Waals surface area contributed by atoms with Crippen LogP contribution in [0.1, 0.15) is 15.9 Å². The third kappa shape index (κ3) is 4.30. The molecule has 3 N–H and O–H groups in total. The average molecular weight is 512 g/mol. The number of carbonyl (C=O) groups excluding carboxylic acids is 1. The molecule has 29 heavy (non-hydrogen) atoms. The van der Waals surface area contributed by atoms with E-state index < -0.39 is 0 Å². The number of aryl methyl sites for hydroxylation is 1. The molecule has 4 aromatic rings. The maximum atomic E-state index is 12.5. The van der Waals surface area contributed by atoms with Gasteiger partial charge in [0.1, 0.15) is 5.82 Å². The Balaban J connectivity index is 1.54. The summed E-state index contributed by atoms with van der Waals surface area (Å²) in [5.41, 5.74) is 5.24. The minimum Gasteiger partial charge on any atom is -0.338 e. The summed E-state index contributed by atoms with van der Waals surface area (Å²) in [6.07, 6.45) is 0. The van der Waals surface area contributed by atoms with Gasteiger partial charge in [-0.05, 0) is 77.6 Å². The van der Waals surface area contributed by atoms with Gasteiger partial charge in [-0.25, -0.2) is 4.98 Å². The maximum absolute atomic E-state index is 12.5. The number of anilines is 1. The molecule has 4 rings (SSSR count). The Hall–Kier alpha value is -2.78. The number of hydrogen-bond acceptors (Lipinski definition) is 3. The number of amides is 1. The zero-order valence-corrected chi connectivity index (χ0v) is 18.5. The topological polar surface area (TPSA) is 69.8 Å². The molecule has 0 spiro atoms. The van der Waals surface area contributed by atoms with Crippen LogP contribution in [0.2, 0.25) is 0 Å². The number of imidazole rings is 1. The Labute approximate surface area is 187 Å². The lowest BCUT2D eigenvalue weighted by molar-refractivity contribution is 0.0977. The van der Waals surface area contributed by atoms with Gasteiger partial charge in [0.15, 0.2) is 5.11 Å². The van der Waals surface area contributed by atoms with Crippen molar-refractivity contribution in [1.29, 1.82) is 0 Å². The molecule has 3 aromatic carbocycles. The molecule has 0 fully saturated rings. The summed E-state index contributed by atoms with van der Waals surface area (Å²) < 4.78 is 0.869. The fourth-order valence-electron chi connectivity index (χ4n) is 2.96. The first-order valence-corrected chi connectivity index (χ1v) is 10.4. The number of nitrogens with one attached hydrogen (secondary N) is 3. The molecule has 0 saturated heterocycles. The number of thiocarbonyl (C=S) groups is 1. The van der Waals surface area contributed by atoms with Gasteiger partial charge in [0.25, 0.3) is 5.91 Å². The first kappa shape index (κ1) is 19.5. The molecule has 1 amide bonds. The minimum absolute atomic E-state index is 0.237. The third-order valence-corrected chi connectivity index (χ3v) is 5.64. The Bertz CT molecular complexity index is 1200. The Kier molecular flexibility index (Phi) is 5.59. The first-order chi connectivity index (χ1) is 14.0. The van der Waals surface area contributed by atoms with E-state index in [-0.39, 0.29) is 11.0 Å². The number of rotatable bonds is 3. The molecular formula is C22H17IN4OS. The van der Waals surface area contributed by atoms with Crippen molar-refractivity contribution in [3.8, 4) is 11.4 Å². The van der Waals surface area contributed by atoms with Gasteiger partial charge in [-0.2, -0.15) is 0 Å². The molecule has 1 heterocycles. The molecule has 0 saturated carbocycles. The van der Waals surface area contributed by atoms with Crippen molar-refractivity contribution >= 4 is 62.5 Å². The minimum atomic E-state index is -0.237. The van der Waals surface area contributed by atoms with Crippen molar-refractivity contribution in [2.45, 2.75) is 6.92 Å². The van der Waals surface area contributed by atoms with E-state index in [1.54, 1.807) is 6.07 Å². The van der Waals surface area contributed by atoms with Crippen LogP contribution in [0.3, 0.4) is 0 Å². The van der Waals surface area contributed by atoms with Crippen molar-refractivity contribution in [3.05, 3.63) is 81.4 Å². The molecule has 144 valence electrons. The van der Waals surface area contributed by atoms with Crippen LogP contribution >= 0.6 is 34.8 Å². The van der Waals surface area contributed by atoms with Crippen molar-refractivity contribution in [3.63, 3.8) is 0 Å². The standard InChI is InChI=1S/C22H17IN4OS/c1-13-10-11-14(20-24-17-8-4-5-9-18(17)25-20)12-19(13)26-22(29)27-21(28)15-6-2-3-7-16(15)23/h2-12H,1H3,(H,24,25)(H2,26,27,28,29). The van der Waals surface area contributed by atoms with E-state index in [9.17, 15) is 4.79 Å². The van der Waals surface area contributed by atoms with Crippen LogP contribution in [0.25, 0.3) is 22.4 Å². The lowest BCUT2D eigenvalue weighted by atomic mass is 10.1. The number of fused-ring (bicyclic) bond motifs is 1. The van der Waals surface area contributed by atoms with E-state index in [2.05, 4.69) is 43.2 Å². The highest BCUT2D eigenvalue weighted by Crippen LogP contribution is 2.25. The summed E-state index contributed by atoms with van der Waals surface area (Å²) in [4.78, 5) is 20.5. The van der Waals surface area contributed by atoms with E-state index in [0.717, 1.165) is 37.2 Å². The van der Waals surface area contributed by atoms with E-state index in [0.29, 0.717) is 5.56 Å². The van der Waals surface area contributed by atoms with Crippen molar-refractivity contribution in [2.24, 2.45) is 0 Å². The average Bonchev–Trinajstić information content (AvgIpc) is 3.14. The number of nitrogens with zero attached hydrogens (tertiary/aromatic N) is 1. The first-order valence-electron chi connectivity index (χ1n) is 8.94. The summed E-state index contributed by atoms with van der Waals surface area (Å²) in [7, 11) is 0. The number of para-hydroxylation sites is 2. The van der Waals surface area contributed by atoms with Gasteiger partial charge in [0, 0.05) is 14.8 Å². The van der Waals surface area contributed by atoms with Crippen LogP contribution < -0.4 is 10.6 Å². The molecule has 5 nitrogen and oxygen atoms in total. The second kappa shape index (κ2) is 8.30. The van der Waals surface area contributed by atoms with Crippen LogP contribution in [0.15, 0.2) is 66.7 Å². The lowest BCUT2D eigenvalue weighted by Crippen LogP contribution is -2.34. The summed E-state index contributed by atoms with van der Waals surface area (Å²) in [6.45, 7) is 1.98. The van der Waals surface area contributed by atoms with Crippen molar-refractivity contribution in [2.75, 3.05) is 5.32 Å². The monoisotopic (exact) mass is 512 g/mol. The molecule has 1 aromatic heterocycles. The molecule has 0 aliphatic heterocycles. The van der Waals surface area contributed by atoms with Crippen LogP contribution in [-0.4, -0.2) is 21.0 Å². The van der Waals surface area contributed by atoms with Crippen LogP contribution in [0.4, 0.5) is 5.69 Å². The molecule has 7 heteroatoms. The van der Waals surface area contributed by atoms with Crippen molar-refractivity contribution < 1.29 is 4.79 Å². The number of H-pyrrole nitrogens is 1. The number of aromatic nitrogens is 2.